The molecule has 0 unspecified atom stereocenters. The monoisotopic (exact) mass is 416 g/mol. The molecule has 0 saturated carbocycles. The van der Waals surface area contributed by atoms with Crippen LogP contribution in [0.1, 0.15) is 17.8 Å². The normalized spacial score (nSPS) is 14.3. The molecule has 0 bridgehead atoms. The standard InChI is InChI=1S/C24H20N2O3S/c1-28-18-11-15(12-19(13-18)29-2)10-17-8-9-26-22(17)25-23-21(24(26)27)20(14-30-23)16-6-4-3-5-7-16/h3-7,10-14H,8-9H2,1-2H3/b17-10+. The van der Waals surface area contributed by atoms with Crippen LogP contribution in [0.25, 0.3) is 33.0 Å². The molecule has 5 rings (SSSR count). The molecular formula is C24H20N2O3S. The van der Waals surface area contributed by atoms with E-state index in [1.807, 2.05) is 53.9 Å². The topological polar surface area (TPSA) is 53.4 Å². The summed E-state index contributed by atoms with van der Waals surface area (Å²) in [5, 5.41) is 2.74. The first-order valence-electron chi connectivity index (χ1n) is 9.69. The van der Waals surface area contributed by atoms with Crippen LogP contribution in [0.5, 0.6) is 11.5 Å². The van der Waals surface area contributed by atoms with E-state index in [9.17, 15) is 4.79 Å². The second-order valence-corrected chi connectivity index (χ2v) is 8.01. The van der Waals surface area contributed by atoms with Crippen LogP contribution in [0.4, 0.5) is 0 Å². The van der Waals surface area contributed by atoms with Gasteiger partial charge < -0.3 is 9.47 Å². The Morgan fingerprint density at radius 2 is 1.80 bits per heavy atom. The van der Waals surface area contributed by atoms with Gasteiger partial charge in [0.05, 0.1) is 19.6 Å². The molecule has 150 valence electrons. The summed E-state index contributed by atoms with van der Waals surface area (Å²) in [7, 11) is 3.27. The highest BCUT2D eigenvalue weighted by Gasteiger charge is 2.23. The van der Waals surface area contributed by atoms with E-state index < -0.39 is 0 Å². The van der Waals surface area contributed by atoms with Gasteiger partial charge in [0.2, 0.25) is 0 Å². The summed E-state index contributed by atoms with van der Waals surface area (Å²) in [6, 6.07) is 15.8. The Bertz CT molecular complexity index is 1310. The number of ether oxygens (including phenoxy) is 2. The van der Waals surface area contributed by atoms with E-state index in [0.29, 0.717) is 11.9 Å². The Kier molecular flexibility index (Phi) is 4.64. The maximum Gasteiger partial charge on any atom is 0.263 e. The molecule has 0 fully saturated rings. The predicted octanol–water partition coefficient (Wildman–Crippen LogP) is 5.09. The van der Waals surface area contributed by atoms with Crippen molar-refractivity contribution in [3.8, 4) is 22.6 Å². The first-order valence-corrected chi connectivity index (χ1v) is 10.6. The molecule has 30 heavy (non-hydrogen) atoms. The maximum atomic E-state index is 13.3. The van der Waals surface area contributed by atoms with Gasteiger partial charge in [0.25, 0.3) is 5.56 Å². The van der Waals surface area contributed by atoms with Crippen molar-refractivity contribution in [3.05, 3.63) is 75.7 Å². The van der Waals surface area contributed by atoms with Crippen molar-refractivity contribution in [2.75, 3.05) is 14.2 Å². The van der Waals surface area contributed by atoms with Gasteiger partial charge >= 0.3 is 0 Å². The molecular weight excluding hydrogens is 396 g/mol. The van der Waals surface area contributed by atoms with Crippen molar-refractivity contribution in [1.29, 1.82) is 0 Å². The van der Waals surface area contributed by atoms with Crippen LogP contribution >= 0.6 is 11.3 Å². The molecule has 0 saturated heterocycles. The van der Waals surface area contributed by atoms with Gasteiger partial charge in [0.15, 0.2) is 0 Å². The van der Waals surface area contributed by atoms with Gasteiger partial charge in [-0.3, -0.25) is 9.36 Å². The summed E-state index contributed by atoms with van der Waals surface area (Å²) < 4.78 is 12.5. The van der Waals surface area contributed by atoms with Gasteiger partial charge in [0, 0.05) is 23.6 Å². The molecule has 0 N–H and O–H groups in total. The van der Waals surface area contributed by atoms with E-state index in [1.165, 1.54) is 11.3 Å². The summed E-state index contributed by atoms with van der Waals surface area (Å²) in [5.74, 6) is 2.20. The molecule has 0 amide bonds. The number of thiophene rings is 1. The molecule has 1 aliphatic rings. The average Bonchev–Trinajstić information content (AvgIpc) is 3.39. The predicted molar refractivity (Wildman–Crippen MR) is 121 cm³/mol. The van der Waals surface area contributed by atoms with Gasteiger partial charge in [-0.25, -0.2) is 4.98 Å². The largest absolute Gasteiger partial charge is 0.497 e. The van der Waals surface area contributed by atoms with E-state index in [1.54, 1.807) is 18.8 Å². The highest BCUT2D eigenvalue weighted by Crippen LogP contribution is 2.35. The Labute approximate surface area is 177 Å². The van der Waals surface area contributed by atoms with Gasteiger partial charge in [-0.05, 0) is 41.3 Å². The third-order valence-electron chi connectivity index (χ3n) is 5.39. The van der Waals surface area contributed by atoms with Gasteiger partial charge in [-0.15, -0.1) is 11.3 Å². The van der Waals surface area contributed by atoms with Gasteiger partial charge in [0.1, 0.15) is 22.2 Å². The number of aromatic nitrogens is 2. The second kappa shape index (κ2) is 7.46. The van der Waals surface area contributed by atoms with Crippen molar-refractivity contribution in [1.82, 2.24) is 9.55 Å². The molecule has 0 spiro atoms. The zero-order valence-corrected chi connectivity index (χ0v) is 17.5. The van der Waals surface area contributed by atoms with Crippen LogP contribution in [0.2, 0.25) is 0 Å². The smallest absolute Gasteiger partial charge is 0.263 e. The van der Waals surface area contributed by atoms with E-state index in [0.717, 1.165) is 50.8 Å². The van der Waals surface area contributed by atoms with Crippen LogP contribution in [-0.2, 0) is 6.54 Å². The summed E-state index contributed by atoms with van der Waals surface area (Å²) in [4.78, 5) is 19.0. The summed E-state index contributed by atoms with van der Waals surface area (Å²) in [5.41, 5.74) is 4.03. The number of methoxy groups -OCH3 is 2. The lowest BCUT2D eigenvalue weighted by molar-refractivity contribution is 0.394. The lowest BCUT2D eigenvalue weighted by atomic mass is 10.1. The lowest BCUT2D eigenvalue weighted by Crippen LogP contribution is -2.20. The van der Waals surface area contributed by atoms with E-state index >= 15 is 0 Å². The Balaban J connectivity index is 1.64. The second-order valence-electron chi connectivity index (χ2n) is 7.15. The molecule has 2 aromatic carbocycles. The van der Waals surface area contributed by atoms with Crippen LogP contribution in [0, 0.1) is 0 Å². The Hall–Kier alpha value is -3.38. The van der Waals surface area contributed by atoms with E-state index in [2.05, 4.69) is 6.08 Å². The van der Waals surface area contributed by atoms with Gasteiger partial charge in [-0.2, -0.15) is 0 Å². The highest BCUT2D eigenvalue weighted by molar-refractivity contribution is 7.17. The van der Waals surface area contributed by atoms with Crippen molar-refractivity contribution >= 4 is 33.2 Å². The molecule has 1 aliphatic heterocycles. The average molecular weight is 417 g/mol. The van der Waals surface area contributed by atoms with Crippen LogP contribution in [0.3, 0.4) is 0 Å². The number of nitrogens with zero attached hydrogens (tertiary/aromatic N) is 2. The van der Waals surface area contributed by atoms with Crippen molar-refractivity contribution in [3.63, 3.8) is 0 Å². The zero-order valence-electron chi connectivity index (χ0n) is 16.7. The third-order valence-corrected chi connectivity index (χ3v) is 6.26. The minimum atomic E-state index is 0.0294. The SMILES string of the molecule is COc1cc(/C=C2\CCn3c2nc2scc(-c4ccccc4)c2c3=O)cc(OC)c1. The molecule has 2 aromatic heterocycles. The molecule has 0 aliphatic carbocycles. The highest BCUT2D eigenvalue weighted by atomic mass is 32.1. The lowest BCUT2D eigenvalue weighted by Gasteiger charge is -2.07. The molecule has 0 radical (unpaired) electrons. The van der Waals surface area contributed by atoms with E-state index in [-0.39, 0.29) is 5.56 Å². The number of hydrogen-bond acceptors (Lipinski definition) is 5. The Morgan fingerprint density at radius 3 is 2.50 bits per heavy atom. The van der Waals surface area contributed by atoms with Crippen molar-refractivity contribution in [2.45, 2.75) is 13.0 Å². The quantitative estimate of drug-likeness (QED) is 0.465. The van der Waals surface area contributed by atoms with E-state index in [4.69, 9.17) is 14.5 Å². The van der Waals surface area contributed by atoms with Crippen LogP contribution in [-0.4, -0.2) is 23.8 Å². The number of benzene rings is 2. The summed E-state index contributed by atoms with van der Waals surface area (Å²) in [6.07, 6.45) is 2.83. The summed E-state index contributed by atoms with van der Waals surface area (Å²) >= 11 is 1.52. The molecule has 6 heteroatoms. The molecule has 5 nitrogen and oxygen atoms in total. The van der Waals surface area contributed by atoms with Crippen molar-refractivity contribution in [2.24, 2.45) is 0 Å². The van der Waals surface area contributed by atoms with Gasteiger partial charge in [-0.1, -0.05) is 30.3 Å². The minimum absolute atomic E-state index is 0.0294. The maximum absolute atomic E-state index is 13.3. The fraction of sp³-hybridized carbons (Fsp3) is 0.167. The third kappa shape index (κ3) is 3.09. The Morgan fingerprint density at radius 1 is 1.07 bits per heavy atom. The number of rotatable bonds is 4. The summed E-state index contributed by atoms with van der Waals surface area (Å²) in [6.45, 7) is 0.633. The zero-order chi connectivity index (χ0) is 20.7. The first-order chi connectivity index (χ1) is 14.7. The fourth-order valence-corrected chi connectivity index (χ4v) is 4.84. The van der Waals surface area contributed by atoms with Crippen molar-refractivity contribution < 1.29 is 9.47 Å². The number of hydrogen-bond donors (Lipinski definition) is 0. The first kappa shape index (κ1) is 18.6. The fourth-order valence-electron chi connectivity index (χ4n) is 3.90. The van der Waals surface area contributed by atoms with Crippen LogP contribution < -0.4 is 15.0 Å². The minimum Gasteiger partial charge on any atom is -0.497 e. The van der Waals surface area contributed by atoms with Crippen LogP contribution in [0.15, 0.2) is 58.7 Å². The number of allylic oxidation sites excluding steroid dienone is 1. The molecule has 3 heterocycles. The molecule has 4 aromatic rings. The number of fused-ring (bicyclic) bond motifs is 2. The molecule has 0 atom stereocenters.